The summed E-state index contributed by atoms with van der Waals surface area (Å²) in [5.74, 6) is -0.572. The molecule has 2 aliphatic rings. The van der Waals surface area contributed by atoms with E-state index in [1.165, 1.54) is 16.4 Å². The van der Waals surface area contributed by atoms with Crippen LogP contribution in [0.5, 0.6) is 0 Å². The molecule has 8 heteroatoms. The van der Waals surface area contributed by atoms with E-state index >= 15 is 0 Å². The van der Waals surface area contributed by atoms with Gasteiger partial charge >= 0.3 is 6.09 Å². The number of cyclic esters (lactones) is 1. The Hall–Kier alpha value is -2.45. The summed E-state index contributed by atoms with van der Waals surface area (Å²) in [6, 6.07) is 13.6. The number of sulfonamides is 1. The highest BCUT2D eigenvalue weighted by Gasteiger charge is 2.41. The van der Waals surface area contributed by atoms with Crippen molar-refractivity contribution in [3.8, 4) is 0 Å². The maximum atomic E-state index is 13.6. The molecule has 2 saturated heterocycles. The smallest absolute Gasteiger partial charge is 0.410 e. The van der Waals surface area contributed by atoms with Crippen molar-refractivity contribution in [2.75, 3.05) is 19.7 Å². The van der Waals surface area contributed by atoms with E-state index in [9.17, 15) is 17.6 Å². The van der Waals surface area contributed by atoms with Gasteiger partial charge in [0.15, 0.2) is 0 Å². The summed E-state index contributed by atoms with van der Waals surface area (Å²) in [4.78, 5) is 14.2. The third-order valence-electron chi connectivity index (χ3n) is 5.90. The number of hydrogen-bond donors (Lipinski definition) is 0. The molecular weight excluding hydrogens is 407 g/mol. The topological polar surface area (TPSA) is 66.9 Å². The molecule has 0 N–H and O–H groups in total. The van der Waals surface area contributed by atoms with Gasteiger partial charge in [0.1, 0.15) is 12.4 Å². The lowest BCUT2D eigenvalue weighted by atomic mass is 10.00. The van der Waals surface area contributed by atoms with Crippen molar-refractivity contribution < 1.29 is 22.3 Å². The van der Waals surface area contributed by atoms with E-state index in [2.05, 4.69) is 0 Å². The van der Waals surface area contributed by atoms with Gasteiger partial charge in [0, 0.05) is 19.1 Å². The molecule has 0 aliphatic carbocycles. The first-order chi connectivity index (χ1) is 14.4. The molecule has 0 radical (unpaired) electrons. The maximum absolute atomic E-state index is 13.6. The molecule has 1 amide bonds. The van der Waals surface area contributed by atoms with E-state index in [0.717, 1.165) is 11.6 Å². The number of piperidine rings is 1. The van der Waals surface area contributed by atoms with E-state index in [1.807, 2.05) is 30.3 Å². The van der Waals surface area contributed by atoms with Crippen molar-refractivity contribution >= 4 is 16.1 Å². The maximum Gasteiger partial charge on any atom is 0.410 e. The van der Waals surface area contributed by atoms with E-state index in [1.54, 1.807) is 11.8 Å². The van der Waals surface area contributed by atoms with Crippen molar-refractivity contribution in [2.45, 2.75) is 43.2 Å². The minimum atomic E-state index is -3.78. The Morgan fingerprint density at radius 1 is 1.10 bits per heavy atom. The van der Waals surface area contributed by atoms with Gasteiger partial charge < -0.3 is 4.74 Å². The molecule has 0 saturated carbocycles. The van der Waals surface area contributed by atoms with Gasteiger partial charge in [-0.25, -0.2) is 17.6 Å². The Morgan fingerprint density at radius 3 is 2.50 bits per heavy atom. The van der Waals surface area contributed by atoms with Crippen LogP contribution < -0.4 is 0 Å². The molecule has 2 fully saturated rings. The zero-order valence-electron chi connectivity index (χ0n) is 16.8. The summed E-state index contributed by atoms with van der Waals surface area (Å²) in [5, 5.41) is 0. The molecule has 0 bridgehead atoms. The van der Waals surface area contributed by atoms with Crippen LogP contribution in [0.1, 0.15) is 24.0 Å². The van der Waals surface area contributed by atoms with Crippen LogP contribution >= 0.6 is 0 Å². The van der Waals surface area contributed by atoms with Gasteiger partial charge in [-0.15, -0.1) is 0 Å². The highest BCUT2D eigenvalue weighted by molar-refractivity contribution is 7.89. The molecule has 1 unspecified atom stereocenters. The molecule has 30 heavy (non-hydrogen) atoms. The van der Waals surface area contributed by atoms with Crippen LogP contribution in [-0.2, 0) is 21.2 Å². The number of nitrogens with zero attached hydrogens (tertiary/aromatic N) is 2. The standard InChI is InChI=1S/C22H25FN2O4S/c1-16-7-8-18(23)14-21(16)30(27,28)24-11-9-19(10-12-24)25-20(15-29-22(25)26)13-17-5-3-2-4-6-17/h2-8,14,19-20H,9-13,15H2,1H3. The number of aryl methyl sites for hydroxylation is 1. The molecule has 2 aromatic carbocycles. The summed E-state index contributed by atoms with van der Waals surface area (Å²) in [5.41, 5.74) is 1.65. The summed E-state index contributed by atoms with van der Waals surface area (Å²) < 4.78 is 46.4. The molecule has 2 aliphatic heterocycles. The first-order valence-electron chi connectivity index (χ1n) is 10.1. The molecule has 0 spiro atoms. The number of amides is 1. The van der Waals surface area contributed by atoms with Gasteiger partial charge in [-0.1, -0.05) is 36.4 Å². The number of carbonyl (C=O) groups excluding carboxylic acids is 1. The fourth-order valence-corrected chi connectivity index (χ4v) is 6.02. The number of ether oxygens (including phenoxy) is 1. The fraction of sp³-hybridized carbons (Fsp3) is 0.409. The van der Waals surface area contributed by atoms with E-state index < -0.39 is 15.8 Å². The van der Waals surface area contributed by atoms with Gasteiger partial charge in [0.25, 0.3) is 0 Å². The molecule has 6 nitrogen and oxygen atoms in total. The first-order valence-corrected chi connectivity index (χ1v) is 11.6. The van der Waals surface area contributed by atoms with Crippen molar-refractivity contribution in [3.63, 3.8) is 0 Å². The van der Waals surface area contributed by atoms with Crippen molar-refractivity contribution in [3.05, 3.63) is 65.5 Å². The second kappa shape index (κ2) is 8.35. The molecule has 160 valence electrons. The first kappa shape index (κ1) is 20.8. The third-order valence-corrected chi connectivity index (χ3v) is 7.94. The largest absolute Gasteiger partial charge is 0.447 e. The van der Waals surface area contributed by atoms with Crippen LogP contribution in [0.4, 0.5) is 9.18 Å². The van der Waals surface area contributed by atoms with Crippen LogP contribution in [0.3, 0.4) is 0 Å². The van der Waals surface area contributed by atoms with E-state index in [4.69, 9.17) is 4.74 Å². The lowest BCUT2D eigenvalue weighted by Crippen LogP contribution is -2.50. The summed E-state index contributed by atoms with van der Waals surface area (Å²) in [6.07, 6.45) is 1.41. The average molecular weight is 433 g/mol. The third kappa shape index (κ3) is 4.06. The van der Waals surface area contributed by atoms with Gasteiger partial charge in [-0.2, -0.15) is 4.31 Å². The number of rotatable bonds is 5. The second-order valence-corrected chi connectivity index (χ2v) is 9.78. The predicted octanol–water partition coefficient (Wildman–Crippen LogP) is 3.35. The quantitative estimate of drug-likeness (QED) is 0.727. The Morgan fingerprint density at radius 2 is 1.80 bits per heavy atom. The van der Waals surface area contributed by atoms with Gasteiger partial charge in [0.05, 0.1) is 10.9 Å². The van der Waals surface area contributed by atoms with Crippen LogP contribution in [0, 0.1) is 12.7 Å². The zero-order valence-corrected chi connectivity index (χ0v) is 17.6. The van der Waals surface area contributed by atoms with E-state index in [0.29, 0.717) is 31.4 Å². The van der Waals surface area contributed by atoms with Crippen molar-refractivity contribution in [1.29, 1.82) is 0 Å². The summed E-state index contributed by atoms with van der Waals surface area (Å²) >= 11 is 0. The lowest BCUT2D eigenvalue weighted by molar-refractivity contribution is 0.125. The zero-order chi connectivity index (χ0) is 21.3. The average Bonchev–Trinajstić information content (AvgIpc) is 3.10. The second-order valence-electron chi connectivity index (χ2n) is 7.87. The van der Waals surface area contributed by atoms with E-state index in [-0.39, 0.29) is 36.2 Å². The van der Waals surface area contributed by atoms with Gasteiger partial charge in [-0.3, -0.25) is 4.90 Å². The number of benzene rings is 2. The Labute approximate surface area is 176 Å². The summed E-state index contributed by atoms with van der Waals surface area (Å²) in [6.45, 7) is 2.57. The minimum Gasteiger partial charge on any atom is -0.447 e. The summed E-state index contributed by atoms with van der Waals surface area (Å²) in [7, 11) is -3.78. The van der Waals surface area contributed by atoms with Crippen LogP contribution in [-0.4, -0.2) is 55.5 Å². The minimum absolute atomic E-state index is 0.00323. The SMILES string of the molecule is Cc1ccc(F)cc1S(=O)(=O)N1CCC(N2C(=O)OCC2Cc2ccccc2)CC1. The molecule has 1 atom stereocenters. The predicted molar refractivity (Wildman–Crippen MR) is 110 cm³/mol. The van der Waals surface area contributed by atoms with Crippen molar-refractivity contribution in [1.82, 2.24) is 9.21 Å². The molecule has 0 aromatic heterocycles. The monoisotopic (exact) mass is 432 g/mol. The Kier molecular flexibility index (Phi) is 5.79. The molecule has 4 rings (SSSR count). The van der Waals surface area contributed by atoms with Crippen LogP contribution in [0.2, 0.25) is 0 Å². The van der Waals surface area contributed by atoms with Gasteiger partial charge in [-0.05, 0) is 49.4 Å². The van der Waals surface area contributed by atoms with Crippen LogP contribution in [0.15, 0.2) is 53.4 Å². The molecular formula is C22H25FN2O4S. The Balaban J connectivity index is 1.45. The highest BCUT2D eigenvalue weighted by atomic mass is 32.2. The number of carbonyl (C=O) groups is 1. The highest BCUT2D eigenvalue weighted by Crippen LogP contribution is 2.29. The normalized spacial score (nSPS) is 21.1. The molecule has 2 heterocycles. The lowest BCUT2D eigenvalue weighted by Gasteiger charge is -2.37. The number of halogens is 1. The fourth-order valence-electron chi connectivity index (χ4n) is 4.31. The van der Waals surface area contributed by atoms with Crippen LogP contribution in [0.25, 0.3) is 0 Å². The van der Waals surface area contributed by atoms with Gasteiger partial charge in [0.2, 0.25) is 10.0 Å². The number of hydrogen-bond acceptors (Lipinski definition) is 4. The van der Waals surface area contributed by atoms with Crippen molar-refractivity contribution in [2.24, 2.45) is 0 Å². The molecule has 2 aromatic rings. The Bertz CT molecular complexity index is 1020.